The highest BCUT2D eigenvalue weighted by Gasteiger charge is 2.21. The molecule has 1 N–H and O–H groups in total. The van der Waals surface area contributed by atoms with Crippen LogP contribution in [0.3, 0.4) is 0 Å². The summed E-state index contributed by atoms with van der Waals surface area (Å²) in [6, 6.07) is 14.2. The first kappa shape index (κ1) is 12.2. The second kappa shape index (κ2) is 5.06. The predicted octanol–water partition coefficient (Wildman–Crippen LogP) is 3.21. The molecule has 1 heterocycles. The number of hydrogen-bond acceptors (Lipinski definition) is 2. The van der Waals surface area contributed by atoms with Crippen molar-refractivity contribution in [1.82, 2.24) is 0 Å². The summed E-state index contributed by atoms with van der Waals surface area (Å²) in [6.45, 7) is 2.80. The van der Waals surface area contributed by atoms with Gasteiger partial charge in [0.25, 0.3) is 0 Å². The third-order valence-electron chi connectivity index (χ3n) is 3.78. The van der Waals surface area contributed by atoms with Crippen molar-refractivity contribution in [3.8, 4) is 5.75 Å². The average molecular weight is 254 g/mol. The lowest BCUT2D eigenvalue weighted by molar-refractivity contribution is 0.173. The summed E-state index contributed by atoms with van der Waals surface area (Å²) < 4.78 is 5.66. The van der Waals surface area contributed by atoms with Crippen LogP contribution < -0.4 is 4.74 Å². The third kappa shape index (κ3) is 2.36. The number of para-hydroxylation sites is 1. The highest BCUT2D eigenvalue weighted by Crippen LogP contribution is 2.34. The van der Waals surface area contributed by atoms with E-state index >= 15 is 0 Å². The molecule has 1 unspecified atom stereocenters. The van der Waals surface area contributed by atoms with Gasteiger partial charge in [-0.05, 0) is 23.6 Å². The number of fused-ring (bicyclic) bond motifs is 1. The Hall–Kier alpha value is -1.80. The molecule has 1 aliphatic rings. The lowest BCUT2D eigenvalue weighted by atomic mass is 9.96. The Morgan fingerprint density at radius 3 is 2.84 bits per heavy atom. The van der Waals surface area contributed by atoms with Crippen molar-refractivity contribution in [2.24, 2.45) is 0 Å². The van der Waals surface area contributed by atoms with Crippen molar-refractivity contribution < 1.29 is 9.84 Å². The Morgan fingerprint density at radius 1 is 1.16 bits per heavy atom. The quantitative estimate of drug-likeness (QED) is 0.911. The van der Waals surface area contributed by atoms with Crippen molar-refractivity contribution in [3.63, 3.8) is 0 Å². The molecule has 0 aliphatic carbocycles. The highest BCUT2D eigenvalue weighted by atomic mass is 16.5. The maximum Gasteiger partial charge on any atom is 0.128 e. The number of aliphatic hydroxyl groups is 1. The van der Waals surface area contributed by atoms with E-state index in [2.05, 4.69) is 25.1 Å². The molecule has 0 fully saturated rings. The predicted molar refractivity (Wildman–Crippen MR) is 75.5 cm³/mol. The van der Waals surface area contributed by atoms with Gasteiger partial charge in [-0.15, -0.1) is 0 Å². The van der Waals surface area contributed by atoms with Gasteiger partial charge in [-0.3, -0.25) is 0 Å². The van der Waals surface area contributed by atoms with Crippen molar-refractivity contribution in [2.45, 2.75) is 25.9 Å². The normalized spacial score (nSPS) is 14.8. The molecule has 0 aromatic heterocycles. The van der Waals surface area contributed by atoms with Crippen molar-refractivity contribution in [3.05, 3.63) is 64.7 Å². The Morgan fingerprint density at radius 2 is 2.00 bits per heavy atom. The zero-order chi connectivity index (χ0) is 13.2. The lowest BCUT2D eigenvalue weighted by Crippen LogP contribution is -2.05. The van der Waals surface area contributed by atoms with E-state index in [1.807, 2.05) is 24.3 Å². The molecule has 2 aromatic carbocycles. The number of benzene rings is 2. The van der Waals surface area contributed by atoms with Gasteiger partial charge in [-0.1, -0.05) is 42.5 Å². The van der Waals surface area contributed by atoms with E-state index in [-0.39, 0.29) is 0 Å². The fourth-order valence-corrected chi connectivity index (χ4v) is 2.66. The van der Waals surface area contributed by atoms with Crippen LogP contribution in [0.2, 0.25) is 0 Å². The first-order chi connectivity index (χ1) is 9.25. The Kier molecular flexibility index (Phi) is 3.26. The van der Waals surface area contributed by atoms with Gasteiger partial charge in [0.15, 0.2) is 0 Å². The summed E-state index contributed by atoms with van der Waals surface area (Å²) in [6.07, 6.45) is 1.07. The van der Waals surface area contributed by atoms with E-state index in [9.17, 15) is 5.11 Å². The van der Waals surface area contributed by atoms with Crippen molar-refractivity contribution in [2.75, 3.05) is 6.61 Å². The second-order valence-corrected chi connectivity index (χ2v) is 5.08. The molecular weight excluding hydrogens is 236 g/mol. The molecular formula is C17H18O2. The number of ether oxygens (including phenoxy) is 1. The SMILES string of the molecule is Cc1ccccc1CC(O)c1cccc2c1OCC2. The summed E-state index contributed by atoms with van der Waals surface area (Å²) in [4.78, 5) is 0. The summed E-state index contributed by atoms with van der Waals surface area (Å²) in [5.74, 6) is 0.892. The van der Waals surface area contributed by atoms with Gasteiger partial charge in [0.05, 0.1) is 12.7 Å². The molecule has 0 amide bonds. The summed E-state index contributed by atoms with van der Waals surface area (Å²) in [5, 5.41) is 10.5. The van der Waals surface area contributed by atoms with E-state index in [1.165, 1.54) is 16.7 Å². The summed E-state index contributed by atoms with van der Waals surface area (Å²) in [7, 11) is 0. The topological polar surface area (TPSA) is 29.5 Å². The van der Waals surface area contributed by atoms with Crippen LogP contribution in [0.15, 0.2) is 42.5 Å². The third-order valence-corrected chi connectivity index (χ3v) is 3.78. The minimum absolute atomic E-state index is 0.505. The minimum Gasteiger partial charge on any atom is -0.493 e. The van der Waals surface area contributed by atoms with Crippen LogP contribution in [-0.4, -0.2) is 11.7 Å². The van der Waals surface area contributed by atoms with Gasteiger partial charge in [0, 0.05) is 18.4 Å². The summed E-state index contributed by atoms with van der Waals surface area (Å²) >= 11 is 0. The fraction of sp³-hybridized carbons (Fsp3) is 0.294. The molecule has 0 bridgehead atoms. The molecule has 1 atom stereocenters. The molecule has 2 aromatic rings. The molecule has 2 heteroatoms. The zero-order valence-corrected chi connectivity index (χ0v) is 11.1. The van der Waals surface area contributed by atoms with Crippen LogP contribution in [0.5, 0.6) is 5.75 Å². The number of aliphatic hydroxyl groups excluding tert-OH is 1. The van der Waals surface area contributed by atoms with Gasteiger partial charge in [-0.2, -0.15) is 0 Å². The minimum atomic E-state index is -0.505. The standard InChI is InChI=1S/C17H18O2/c1-12-5-2-3-6-14(12)11-16(18)15-8-4-7-13-9-10-19-17(13)15/h2-8,16,18H,9-11H2,1H3. The Balaban J connectivity index is 1.87. The van der Waals surface area contributed by atoms with E-state index in [0.29, 0.717) is 6.42 Å². The van der Waals surface area contributed by atoms with Crippen LogP contribution in [0.1, 0.15) is 28.4 Å². The summed E-state index contributed by atoms with van der Waals surface area (Å²) in [5.41, 5.74) is 4.53. The number of rotatable bonds is 3. The van der Waals surface area contributed by atoms with Crippen LogP contribution in [-0.2, 0) is 12.8 Å². The molecule has 2 nitrogen and oxygen atoms in total. The van der Waals surface area contributed by atoms with Gasteiger partial charge in [0.2, 0.25) is 0 Å². The second-order valence-electron chi connectivity index (χ2n) is 5.08. The average Bonchev–Trinajstić information content (AvgIpc) is 2.89. The Bertz CT molecular complexity index is 590. The van der Waals surface area contributed by atoms with Crippen LogP contribution in [0.25, 0.3) is 0 Å². The van der Waals surface area contributed by atoms with E-state index in [0.717, 1.165) is 24.3 Å². The molecule has 3 rings (SSSR count). The lowest BCUT2D eigenvalue weighted by Gasteiger charge is -2.15. The molecule has 1 aliphatic heterocycles. The molecule has 98 valence electrons. The van der Waals surface area contributed by atoms with E-state index < -0.39 is 6.10 Å². The maximum absolute atomic E-state index is 10.5. The largest absolute Gasteiger partial charge is 0.493 e. The Labute approximate surface area is 113 Å². The van der Waals surface area contributed by atoms with Crippen molar-refractivity contribution in [1.29, 1.82) is 0 Å². The van der Waals surface area contributed by atoms with Crippen molar-refractivity contribution >= 4 is 0 Å². The highest BCUT2D eigenvalue weighted by molar-refractivity contribution is 5.45. The van der Waals surface area contributed by atoms with Gasteiger partial charge >= 0.3 is 0 Å². The first-order valence-corrected chi connectivity index (χ1v) is 6.73. The van der Waals surface area contributed by atoms with Crippen LogP contribution >= 0.6 is 0 Å². The van der Waals surface area contributed by atoms with Gasteiger partial charge in [0.1, 0.15) is 5.75 Å². The zero-order valence-electron chi connectivity index (χ0n) is 11.1. The number of aryl methyl sites for hydroxylation is 1. The monoisotopic (exact) mass is 254 g/mol. The molecule has 19 heavy (non-hydrogen) atoms. The molecule has 0 saturated heterocycles. The fourth-order valence-electron chi connectivity index (χ4n) is 2.66. The van der Waals surface area contributed by atoms with Crippen LogP contribution in [0, 0.1) is 6.92 Å². The molecule has 0 radical (unpaired) electrons. The van der Waals surface area contributed by atoms with Crippen LogP contribution in [0.4, 0.5) is 0 Å². The van der Waals surface area contributed by atoms with Gasteiger partial charge < -0.3 is 9.84 Å². The van der Waals surface area contributed by atoms with E-state index in [4.69, 9.17) is 4.74 Å². The first-order valence-electron chi connectivity index (χ1n) is 6.73. The molecule has 0 saturated carbocycles. The smallest absolute Gasteiger partial charge is 0.128 e. The van der Waals surface area contributed by atoms with Gasteiger partial charge in [-0.25, -0.2) is 0 Å². The molecule has 0 spiro atoms. The number of hydrogen-bond donors (Lipinski definition) is 1. The maximum atomic E-state index is 10.5. The van der Waals surface area contributed by atoms with E-state index in [1.54, 1.807) is 0 Å².